The van der Waals surface area contributed by atoms with Gasteiger partial charge < -0.3 is 34.2 Å². The number of amidine groups is 1. The summed E-state index contributed by atoms with van der Waals surface area (Å²) in [6, 6.07) is 21.3. The van der Waals surface area contributed by atoms with Gasteiger partial charge in [-0.25, -0.2) is 20.4 Å². The normalized spacial score (nSPS) is 11.7. The highest BCUT2D eigenvalue weighted by Crippen LogP contribution is 2.26. The number of hydrazine groups is 1. The molecule has 0 spiro atoms. The number of nitrogens with zero attached hydrogens (tertiary/aromatic N) is 6. The highest BCUT2D eigenvalue weighted by Gasteiger charge is 2.24. The summed E-state index contributed by atoms with van der Waals surface area (Å²) in [6.45, 7) is 3.41. The fourth-order valence-electron chi connectivity index (χ4n) is 5.35. The summed E-state index contributed by atoms with van der Waals surface area (Å²) < 4.78 is 17.6. The maximum Gasteiger partial charge on any atom is 0.510 e. The number of benzene rings is 3. The Morgan fingerprint density at radius 1 is 0.895 bits per heavy atom. The number of hydrazone groups is 1. The lowest BCUT2D eigenvalue weighted by atomic mass is 9.98. The van der Waals surface area contributed by atoms with Gasteiger partial charge in [-0.1, -0.05) is 97.7 Å². The Kier molecular flexibility index (Phi) is 16.4. The third-order valence-corrected chi connectivity index (χ3v) is 8.57. The Labute approximate surface area is 332 Å². The second-order valence-corrected chi connectivity index (χ2v) is 12.8. The summed E-state index contributed by atoms with van der Waals surface area (Å²) >= 11 is 6.46. The van der Waals surface area contributed by atoms with E-state index in [-0.39, 0.29) is 49.7 Å². The van der Waals surface area contributed by atoms with Crippen molar-refractivity contribution in [1.29, 1.82) is 0 Å². The highest BCUT2D eigenvalue weighted by atomic mass is 35.5. The van der Waals surface area contributed by atoms with Crippen LogP contribution in [0.5, 0.6) is 0 Å². The number of hydrogen-bond donors (Lipinski definition) is 2. The maximum absolute atomic E-state index is 13.1. The van der Waals surface area contributed by atoms with Gasteiger partial charge in [0.05, 0.1) is 13.2 Å². The van der Waals surface area contributed by atoms with E-state index < -0.39 is 28.5 Å². The molecular formula is C37H43ClN8O11. The number of nitrogens with two attached hydrogens (primary N) is 2. The van der Waals surface area contributed by atoms with Crippen LogP contribution in [-0.4, -0.2) is 62.2 Å². The molecule has 1 heterocycles. The third kappa shape index (κ3) is 13.4. The molecular weight excluding hydrogens is 768 g/mol. The molecule has 0 amide bonds. The van der Waals surface area contributed by atoms with Crippen LogP contribution >= 0.6 is 11.6 Å². The van der Waals surface area contributed by atoms with E-state index >= 15 is 0 Å². The minimum absolute atomic E-state index is 0.0260. The molecule has 0 radical (unpaired) electrons. The van der Waals surface area contributed by atoms with Crippen LogP contribution in [0.25, 0.3) is 11.1 Å². The average Bonchev–Trinajstić information content (AvgIpc) is 3.50. The molecule has 0 bridgehead atoms. The fraction of sp³-hybridized carbons (Fsp3) is 0.351. The van der Waals surface area contributed by atoms with Crippen LogP contribution in [0.4, 0.5) is 4.79 Å². The van der Waals surface area contributed by atoms with Crippen molar-refractivity contribution in [2.24, 2.45) is 16.7 Å². The van der Waals surface area contributed by atoms with E-state index in [1.165, 1.54) is 6.92 Å². The molecule has 0 aliphatic rings. The first-order chi connectivity index (χ1) is 27.4. The first-order valence-electron chi connectivity index (χ1n) is 17.8. The number of esters is 1. The van der Waals surface area contributed by atoms with Crippen molar-refractivity contribution in [2.75, 3.05) is 13.2 Å². The number of carbonyl (C=O) groups excluding carboxylic acids is 2. The SMILES string of the molecule is CCCCc1nc(Cl)c(C(=O)OCCCCO[N+](=O)[O-])n1Cc1ccc(-c2ccccc2/C(N)=N/N(N)C(C)OC(=O)OCc2ccc(CO[N+](=O)[O-])cc2)cc1. The molecule has 4 N–H and O–H groups in total. The number of hydrogen-bond acceptors (Lipinski definition) is 15. The standard InChI is InChI=1S/C37H43ClN8O11/c1-3-4-11-32-41-34(38)33(36(47)53-20-7-8-21-55-45(49)50)43(32)22-26-16-18-29(19-17-26)30-9-5-6-10-31(30)35(39)42-44(40)25(2)57-37(48)54-23-27-12-14-28(15-13-27)24-56-46(51)52/h5-6,9-10,12-19,25H,3-4,7-8,11,20-24,40H2,1-2H3,(H2,39,42). The number of aromatic nitrogens is 2. The Balaban J connectivity index is 1.40. The van der Waals surface area contributed by atoms with Gasteiger partial charge in [0.15, 0.2) is 16.7 Å². The lowest BCUT2D eigenvalue weighted by Gasteiger charge is -2.21. The molecule has 19 nitrogen and oxygen atoms in total. The van der Waals surface area contributed by atoms with Gasteiger partial charge in [0.1, 0.15) is 19.0 Å². The van der Waals surface area contributed by atoms with Crippen molar-refractivity contribution in [3.05, 3.63) is 132 Å². The van der Waals surface area contributed by atoms with Crippen LogP contribution < -0.4 is 11.6 Å². The predicted molar refractivity (Wildman–Crippen MR) is 205 cm³/mol. The molecule has 0 saturated heterocycles. The second kappa shape index (κ2) is 21.6. The lowest BCUT2D eigenvalue weighted by molar-refractivity contribution is -0.763. The van der Waals surface area contributed by atoms with Crippen LogP contribution in [0, 0.1) is 20.2 Å². The summed E-state index contributed by atoms with van der Waals surface area (Å²) in [6.07, 6.45) is 0.948. The minimum Gasteiger partial charge on any atom is -0.461 e. The molecule has 57 heavy (non-hydrogen) atoms. The number of halogens is 1. The van der Waals surface area contributed by atoms with E-state index in [0.29, 0.717) is 41.8 Å². The summed E-state index contributed by atoms with van der Waals surface area (Å²) in [7, 11) is 0. The molecule has 20 heteroatoms. The molecule has 4 aromatic rings. The molecule has 1 atom stereocenters. The van der Waals surface area contributed by atoms with Gasteiger partial charge in [-0.05, 0) is 54.0 Å². The smallest absolute Gasteiger partial charge is 0.461 e. The number of imidazole rings is 1. The van der Waals surface area contributed by atoms with E-state index in [1.54, 1.807) is 41.0 Å². The second-order valence-electron chi connectivity index (χ2n) is 12.4. The van der Waals surface area contributed by atoms with Crippen molar-refractivity contribution >= 4 is 29.6 Å². The average molecular weight is 811 g/mol. The summed E-state index contributed by atoms with van der Waals surface area (Å²) in [5, 5.41) is 24.1. The van der Waals surface area contributed by atoms with E-state index in [0.717, 1.165) is 34.6 Å². The molecule has 4 rings (SSSR count). The Hall–Kier alpha value is -6.47. The molecule has 1 unspecified atom stereocenters. The largest absolute Gasteiger partial charge is 0.510 e. The highest BCUT2D eigenvalue weighted by molar-refractivity contribution is 6.32. The van der Waals surface area contributed by atoms with E-state index in [1.807, 2.05) is 43.3 Å². The fourth-order valence-corrected chi connectivity index (χ4v) is 5.63. The van der Waals surface area contributed by atoms with E-state index in [9.17, 15) is 29.8 Å². The zero-order valence-corrected chi connectivity index (χ0v) is 32.0. The number of carbonyl (C=O) groups is 2. The van der Waals surface area contributed by atoms with Crippen LogP contribution in [0.15, 0.2) is 77.9 Å². The van der Waals surface area contributed by atoms with Gasteiger partial charge in [0.25, 0.3) is 10.2 Å². The van der Waals surface area contributed by atoms with Gasteiger partial charge >= 0.3 is 12.1 Å². The number of ether oxygens (including phenoxy) is 3. The van der Waals surface area contributed by atoms with Crippen LogP contribution in [-0.2, 0) is 50.1 Å². The molecule has 0 aliphatic heterocycles. The van der Waals surface area contributed by atoms with Gasteiger partial charge in [-0.3, -0.25) is 0 Å². The Morgan fingerprint density at radius 2 is 1.53 bits per heavy atom. The van der Waals surface area contributed by atoms with Crippen LogP contribution in [0.1, 0.15) is 78.1 Å². The molecule has 0 aliphatic carbocycles. The van der Waals surface area contributed by atoms with Gasteiger partial charge in [-0.2, -0.15) is 5.12 Å². The van der Waals surface area contributed by atoms with E-state index in [4.69, 9.17) is 37.4 Å². The minimum atomic E-state index is -1.07. The van der Waals surface area contributed by atoms with Gasteiger partial charge in [-0.15, -0.1) is 25.3 Å². The van der Waals surface area contributed by atoms with Crippen molar-refractivity contribution in [2.45, 2.75) is 71.9 Å². The van der Waals surface area contributed by atoms with Crippen molar-refractivity contribution in [1.82, 2.24) is 14.7 Å². The first kappa shape index (κ1) is 43.3. The lowest BCUT2D eigenvalue weighted by Crippen LogP contribution is -2.40. The third-order valence-electron chi connectivity index (χ3n) is 8.31. The molecule has 3 aromatic carbocycles. The Morgan fingerprint density at radius 3 is 2.19 bits per heavy atom. The predicted octanol–water partition coefficient (Wildman–Crippen LogP) is 5.94. The van der Waals surface area contributed by atoms with E-state index in [2.05, 4.69) is 19.8 Å². The number of unbranched alkanes of at least 4 members (excludes halogenated alkanes) is 2. The van der Waals surface area contributed by atoms with Gasteiger partial charge in [0, 0.05) is 18.5 Å². The summed E-state index contributed by atoms with van der Waals surface area (Å²) in [4.78, 5) is 59.3. The number of rotatable bonds is 22. The first-order valence-corrected chi connectivity index (χ1v) is 18.2. The Bertz CT molecular complexity index is 2010. The number of aryl methyl sites for hydroxylation is 1. The summed E-state index contributed by atoms with van der Waals surface area (Å²) in [5.74, 6) is 6.12. The molecule has 304 valence electrons. The summed E-state index contributed by atoms with van der Waals surface area (Å²) in [5.41, 5.74) is 10.7. The van der Waals surface area contributed by atoms with Crippen molar-refractivity contribution in [3.8, 4) is 11.1 Å². The zero-order chi connectivity index (χ0) is 41.3. The van der Waals surface area contributed by atoms with Gasteiger partial charge in [0.2, 0.25) is 6.23 Å². The van der Waals surface area contributed by atoms with Crippen LogP contribution in [0.2, 0.25) is 5.15 Å². The molecule has 0 fully saturated rings. The molecule has 1 aromatic heterocycles. The quantitative estimate of drug-likeness (QED) is 0.0136. The van der Waals surface area contributed by atoms with Crippen LogP contribution in [0.3, 0.4) is 0 Å². The maximum atomic E-state index is 13.1. The van der Waals surface area contributed by atoms with Crippen molar-refractivity contribution < 1.29 is 43.6 Å². The molecule has 0 saturated carbocycles. The topological polar surface area (TPSA) is 252 Å². The monoisotopic (exact) mass is 810 g/mol. The van der Waals surface area contributed by atoms with Crippen molar-refractivity contribution in [3.63, 3.8) is 0 Å². The zero-order valence-electron chi connectivity index (χ0n) is 31.3.